The van der Waals surface area contributed by atoms with E-state index in [1.54, 1.807) is 6.92 Å². The number of rotatable bonds is 20. The van der Waals surface area contributed by atoms with E-state index in [0.29, 0.717) is 24.8 Å². The Hall–Kier alpha value is 1.14. The van der Waals surface area contributed by atoms with Gasteiger partial charge in [-0.1, -0.05) is 34.6 Å². The number of carbonyl (C=O) groups is 1. The second-order valence-corrected chi connectivity index (χ2v) is 29.5. The van der Waals surface area contributed by atoms with E-state index < -0.39 is 245 Å². The molecule has 5 saturated heterocycles. The van der Waals surface area contributed by atoms with E-state index in [0.717, 1.165) is 12.7 Å². The van der Waals surface area contributed by atoms with E-state index in [2.05, 4.69) is 8.37 Å². The topological polar surface area (TPSA) is 540 Å². The first-order valence-corrected chi connectivity index (χ1v) is 33.7. The van der Waals surface area contributed by atoms with Gasteiger partial charge in [0.2, 0.25) is 31.2 Å². The molecular weight excluding hydrogens is 1360 g/mol. The summed E-state index contributed by atoms with van der Waals surface area (Å²) in [5.41, 5.74) is -1.64. The maximum atomic E-state index is 13.0. The maximum Gasteiger partial charge on any atom is 1.00 e. The molecule has 1 unspecified atom stereocenters. The first kappa shape index (κ1) is 84.1. The predicted molar refractivity (Wildman–Crippen MR) is 289 cm³/mol. The molecule has 9 aliphatic rings. The molecular formula is C53H83Na3O35S3. The average Bonchev–Trinajstić information content (AvgIpc) is 1.25. The Labute approximate surface area is 609 Å². The molecule has 41 heteroatoms. The van der Waals surface area contributed by atoms with Crippen molar-refractivity contribution >= 4 is 37.0 Å². The number of aliphatic hydroxyl groups excluding tert-OH is 11. The standard InChI is InChI=1S/C53H86O35S3.3Na/c1-19(54)21-9-12-52(6)31-22(55)13-28-50(3,4)29(10-11-51(28,5)30(31)23(56)14-53(21,52)7)83-48-44(40(25(58)16-77-48)88-91(72,73)74)87-49-43(86-45-35(62)32(59)24(57)15-76-45)36(63)39(20(2)80-49)84-47-38(65)42(34(61)27(82-47)18-79-90(69,70)71)85-46-37(64)41(75-8)33(60)26(81-46)17-78-89(66,67)68;;;/h20-29,32-49,55-65H,9-18H2,1-8H3,(H,66,67,68)(H,69,70,71)(H,72,73,74);;;/q;3*+1/p-3/t20-,21-,22+,23+,24-,25-,26-,27-,28?,29+,32+,33-,34-,35-,36+,37-,38-,39-,40+,41+,42+,43-,44-,45+,46+,47+,48+,49+,51+,52+,53-;;;/m1.../s1. The van der Waals surface area contributed by atoms with Crippen molar-refractivity contribution in [2.75, 3.05) is 33.5 Å². The number of fused-ring (bicyclic) bond motifs is 4. The van der Waals surface area contributed by atoms with E-state index in [1.165, 1.54) is 6.92 Å². The quantitative estimate of drug-likeness (QED) is 0.0233. The second kappa shape index (κ2) is 31.8. The van der Waals surface area contributed by atoms with E-state index >= 15 is 0 Å². The number of ketones is 1. The van der Waals surface area contributed by atoms with E-state index in [9.17, 15) is 99.9 Å². The monoisotopic (exact) mass is 1440 g/mol. The van der Waals surface area contributed by atoms with Crippen LogP contribution in [-0.2, 0) is 101 Å². The van der Waals surface area contributed by atoms with Crippen molar-refractivity contribution in [3.05, 3.63) is 11.1 Å². The number of Topliss-reactive ketones (excluding diaryl/α,β-unsaturated/α-hetero) is 1. The molecule has 5 aliphatic heterocycles. The molecule has 526 valence electrons. The summed E-state index contributed by atoms with van der Waals surface area (Å²) in [6.07, 6.45) is -48.3. The molecule has 31 atom stereocenters. The van der Waals surface area contributed by atoms with Crippen molar-refractivity contribution in [1.29, 1.82) is 0 Å². The van der Waals surface area contributed by atoms with Crippen LogP contribution in [0.15, 0.2) is 11.1 Å². The molecule has 0 bridgehead atoms. The van der Waals surface area contributed by atoms with Crippen LogP contribution in [0.4, 0.5) is 0 Å². The maximum absolute atomic E-state index is 13.0. The number of methoxy groups -OCH3 is 1. The second-order valence-electron chi connectivity index (χ2n) is 26.4. The minimum atomic E-state index is -5.77. The molecule has 0 aromatic rings. The normalized spacial score (nSPS) is 47.4. The first-order chi connectivity index (χ1) is 42.1. The molecule has 0 spiro atoms. The van der Waals surface area contributed by atoms with Gasteiger partial charge in [-0.25, -0.2) is 25.3 Å². The Kier molecular flexibility index (Phi) is 28.5. The average molecular weight is 1450 g/mol. The van der Waals surface area contributed by atoms with Gasteiger partial charge in [0.25, 0.3) is 0 Å². The molecule has 4 aliphatic carbocycles. The Morgan fingerprint density at radius 1 is 0.543 bits per heavy atom. The predicted octanol–water partition coefficient (Wildman–Crippen LogP) is -14.8. The minimum Gasteiger partial charge on any atom is -0.726 e. The van der Waals surface area contributed by atoms with Gasteiger partial charge >= 0.3 is 88.7 Å². The van der Waals surface area contributed by atoms with Gasteiger partial charge < -0.3 is 122 Å². The SMILES string of the molecule is CO[C@@H]1[C@@H](O)[C@H](O[C@@H]2[C@@H](O)[C@H](O[C@H]3[C@H](O)[C@@H](O[C@@H]4OC[C@@H](O)[C@H](O)[C@H]4O)[C@H](O[C@H]4[C@H](O[C@H]5CC[C@]6(C)C7=C([C@@H](O)CC6C5(C)C)[C@]5(C)CC[C@H](C(C)=O)[C@@]5(C)C[C@@H]7O)OC[C@@H](O)[C@@H]4OS(=O)(=O)[O-])O[C@@H]3C)O[C@H](COS(=O)(=O)[O-])[C@H]2O)O[C@H](COS(=O)(=O)[O-])[C@H]1O.[Na+].[Na+].[Na+]. The zero-order valence-electron chi connectivity index (χ0n) is 53.7. The van der Waals surface area contributed by atoms with Crippen molar-refractivity contribution in [3.8, 4) is 0 Å². The van der Waals surface area contributed by atoms with Gasteiger partial charge in [-0.2, -0.15) is 0 Å². The molecule has 0 aromatic heterocycles. The first-order valence-electron chi connectivity index (χ1n) is 29.7. The van der Waals surface area contributed by atoms with E-state index in [4.69, 9.17) is 56.3 Å². The van der Waals surface area contributed by atoms with Gasteiger partial charge in [0.05, 0.1) is 50.8 Å². The van der Waals surface area contributed by atoms with Crippen LogP contribution in [0, 0.1) is 33.5 Å². The third kappa shape index (κ3) is 16.9. The summed E-state index contributed by atoms with van der Waals surface area (Å²) in [6.45, 7) is 8.48. The van der Waals surface area contributed by atoms with Crippen LogP contribution in [0.25, 0.3) is 0 Å². The molecule has 35 nitrogen and oxygen atoms in total. The van der Waals surface area contributed by atoms with Gasteiger partial charge in [-0.15, -0.1) is 0 Å². The van der Waals surface area contributed by atoms with Crippen LogP contribution < -0.4 is 88.7 Å². The van der Waals surface area contributed by atoms with Crippen LogP contribution in [0.5, 0.6) is 0 Å². The Balaban J connectivity index is 0.00000467. The smallest absolute Gasteiger partial charge is 0.726 e. The summed E-state index contributed by atoms with van der Waals surface area (Å²) in [5.74, 6) is -0.800. The van der Waals surface area contributed by atoms with Crippen LogP contribution >= 0.6 is 0 Å². The van der Waals surface area contributed by atoms with Crippen molar-refractivity contribution < 1.29 is 253 Å². The Bertz CT molecular complexity index is 2980. The summed E-state index contributed by atoms with van der Waals surface area (Å²) in [4.78, 5) is 13.0. The van der Waals surface area contributed by atoms with E-state index in [1.807, 2.05) is 34.6 Å². The summed E-state index contributed by atoms with van der Waals surface area (Å²) in [7, 11) is -15.8. The summed E-state index contributed by atoms with van der Waals surface area (Å²) in [6, 6.07) is 0. The van der Waals surface area contributed by atoms with Gasteiger partial charge in [0, 0.05) is 13.0 Å². The van der Waals surface area contributed by atoms with Crippen molar-refractivity contribution in [3.63, 3.8) is 0 Å². The van der Waals surface area contributed by atoms with Crippen molar-refractivity contribution in [2.24, 2.45) is 33.5 Å². The Morgan fingerprint density at radius 3 is 1.62 bits per heavy atom. The van der Waals surface area contributed by atoms with Gasteiger partial charge in [-0.05, 0) is 91.1 Å². The molecule has 11 N–H and O–H groups in total. The molecule has 0 radical (unpaired) electrons. The summed E-state index contributed by atoms with van der Waals surface area (Å²) >= 11 is 0. The van der Waals surface area contributed by atoms with Gasteiger partial charge in [0.1, 0.15) is 110 Å². The molecule has 7 fully saturated rings. The molecule has 0 aromatic carbocycles. The molecule has 2 saturated carbocycles. The molecule has 9 rings (SSSR count). The van der Waals surface area contributed by atoms with Crippen LogP contribution in [0.3, 0.4) is 0 Å². The molecule has 94 heavy (non-hydrogen) atoms. The van der Waals surface area contributed by atoms with Gasteiger partial charge in [0.15, 0.2) is 31.5 Å². The van der Waals surface area contributed by atoms with Crippen LogP contribution in [-0.4, -0.2) is 294 Å². The number of carbonyl (C=O) groups excluding carboxylic acids is 1. The summed E-state index contributed by atoms with van der Waals surface area (Å²) in [5, 5.41) is 126. The largest absolute Gasteiger partial charge is 1.00 e. The number of hydrogen-bond acceptors (Lipinski definition) is 35. The molecule has 0 amide bonds. The third-order valence-electron chi connectivity index (χ3n) is 20.7. The fourth-order valence-electron chi connectivity index (χ4n) is 16.0. The van der Waals surface area contributed by atoms with Gasteiger partial charge in [-0.3, -0.25) is 17.3 Å². The van der Waals surface area contributed by atoms with Crippen LogP contribution in [0.1, 0.15) is 87.0 Å². The third-order valence-corrected chi connectivity index (χ3v) is 22.0. The van der Waals surface area contributed by atoms with Crippen molar-refractivity contribution in [1.82, 2.24) is 0 Å². The Morgan fingerprint density at radius 2 is 1.06 bits per heavy atom. The van der Waals surface area contributed by atoms with Crippen molar-refractivity contribution in [2.45, 2.75) is 247 Å². The van der Waals surface area contributed by atoms with E-state index in [-0.39, 0.29) is 120 Å². The van der Waals surface area contributed by atoms with Crippen LogP contribution in [0.2, 0.25) is 0 Å². The summed E-state index contributed by atoms with van der Waals surface area (Å²) < 4.78 is 185. The zero-order chi connectivity index (χ0) is 67.4. The fourth-order valence-corrected chi connectivity index (χ4v) is 17.1. The fraction of sp³-hybridized carbons (Fsp3) is 0.943. The molecule has 5 heterocycles. The number of hydrogen-bond donors (Lipinski definition) is 11. The number of aliphatic hydroxyl groups is 11. The number of ether oxygens (including phenoxy) is 11. The zero-order valence-corrected chi connectivity index (χ0v) is 62.1. The minimum absolute atomic E-state index is 0.